The first kappa shape index (κ1) is 21.7. The van der Waals surface area contributed by atoms with Crippen molar-refractivity contribution in [3.63, 3.8) is 0 Å². The Morgan fingerprint density at radius 3 is 2.70 bits per heavy atom. The van der Waals surface area contributed by atoms with E-state index in [9.17, 15) is 20.0 Å². The fourth-order valence-electron chi connectivity index (χ4n) is 5.40. The van der Waals surface area contributed by atoms with E-state index < -0.39 is 10.8 Å². The van der Waals surface area contributed by atoms with E-state index >= 15 is 0 Å². The van der Waals surface area contributed by atoms with Gasteiger partial charge in [-0.3, -0.25) is 9.59 Å². The number of nitrogens with one attached hydrogen (secondary N) is 1. The van der Waals surface area contributed by atoms with Gasteiger partial charge in [-0.05, 0) is 50.5 Å². The predicted octanol–water partition coefficient (Wildman–Crippen LogP) is 2.06. The summed E-state index contributed by atoms with van der Waals surface area (Å²) in [5.74, 6) is 0.788. The van der Waals surface area contributed by atoms with Crippen LogP contribution in [0, 0.1) is 11.1 Å². The molecule has 2 unspecified atom stereocenters. The molecule has 2 bridgehead atoms. The Morgan fingerprint density at radius 2 is 2.00 bits per heavy atom. The summed E-state index contributed by atoms with van der Waals surface area (Å²) >= 11 is 0. The van der Waals surface area contributed by atoms with Crippen molar-refractivity contribution in [2.45, 2.75) is 38.8 Å². The number of carbonyl (C=O) groups excluding carboxylic acids is 1. The number of hydrogen-bond acceptors (Lipinski definition) is 5. The van der Waals surface area contributed by atoms with E-state index in [0.717, 1.165) is 23.0 Å². The highest BCUT2D eigenvalue weighted by molar-refractivity contribution is 6.07. The van der Waals surface area contributed by atoms with Crippen LogP contribution in [-0.2, 0) is 6.54 Å². The molecule has 5 rings (SSSR count). The van der Waals surface area contributed by atoms with Crippen molar-refractivity contribution in [1.29, 1.82) is 0 Å². The second kappa shape index (κ2) is 8.02. The Hall–Kier alpha value is -3.14. The lowest BCUT2D eigenvalue weighted by Gasteiger charge is -2.42. The number of nitrogens with zero attached hydrogens (tertiary/aromatic N) is 3. The van der Waals surface area contributed by atoms with E-state index in [1.807, 2.05) is 29.3 Å². The number of methoxy groups -OCH3 is 1. The van der Waals surface area contributed by atoms with Crippen LogP contribution in [0.1, 0.15) is 48.3 Å². The largest absolute Gasteiger partial charge is 0.595 e. The second-order valence-electron chi connectivity index (χ2n) is 9.33. The molecule has 4 heterocycles. The zero-order valence-electron chi connectivity index (χ0n) is 18.9. The van der Waals surface area contributed by atoms with Gasteiger partial charge in [-0.1, -0.05) is 0 Å². The predicted molar refractivity (Wildman–Crippen MR) is 122 cm³/mol. The fraction of sp³-hybridized carbons (Fsp3) is 0.417. The highest BCUT2D eigenvalue weighted by Gasteiger charge is 2.38. The molecule has 2 aromatic heterocycles. The van der Waals surface area contributed by atoms with E-state index in [-0.39, 0.29) is 29.5 Å². The quantitative estimate of drug-likeness (QED) is 0.590. The zero-order valence-corrected chi connectivity index (χ0v) is 18.9. The number of amides is 1. The Labute approximate surface area is 190 Å². The standard InChI is InChI=1S/C24H28N4O5/c1-14(2)26-13-19(18-9-17(33-3)4-5-21(18)26)23(29)25-10-15-8-16(12-25)20-6-7-22(28(31)32)24(30)27(20)11-15/h4-7,9,13-16,28,31H,8,10-12H2,1-3H3/t15-,16?/m0/s1. The number of benzene rings is 1. The molecule has 0 radical (unpaired) electrons. The topological polar surface area (TPSA) is 104 Å². The minimum Gasteiger partial charge on any atom is -0.595 e. The molecule has 9 nitrogen and oxygen atoms in total. The first-order chi connectivity index (χ1) is 15.8. The zero-order chi connectivity index (χ0) is 23.4. The summed E-state index contributed by atoms with van der Waals surface area (Å²) in [6, 6.07) is 9.12. The molecule has 2 N–H and O–H groups in total. The summed E-state index contributed by atoms with van der Waals surface area (Å²) in [5, 5.41) is 20.3. The maximum atomic E-state index is 13.7. The number of piperidine rings is 1. The molecule has 1 aromatic carbocycles. The van der Waals surface area contributed by atoms with Gasteiger partial charge in [0.1, 0.15) is 5.75 Å². The minimum atomic E-state index is -1.21. The van der Waals surface area contributed by atoms with Gasteiger partial charge in [-0.15, -0.1) is 0 Å². The van der Waals surface area contributed by atoms with Gasteiger partial charge in [-0.2, -0.15) is 5.23 Å². The van der Waals surface area contributed by atoms with E-state index in [1.54, 1.807) is 17.7 Å². The number of ether oxygens (including phenoxy) is 1. The fourth-order valence-corrected chi connectivity index (χ4v) is 5.40. The Morgan fingerprint density at radius 1 is 1.21 bits per heavy atom. The van der Waals surface area contributed by atoms with Crippen LogP contribution in [0.2, 0.25) is 0 Å². The average Bonchev–Trinajstić information content (AvgIpc) is 3.18. The van der Waals surface area contributed by atoms with Gasteiger partial charge in [0.2, 0.25) is 5.69 Å². The smallest absolute Gasteiger partial charge is 0.315 e. The van der Waals surface area contributed by atoms with Crippen LogP contribution in [0.3, 0.4) is 0 Å². The van der Waals surface area contributed by atoms with Gasteiger partial charge in [0, 0.05) is 60.5 Å². The molecule has 3 atom stereocenters. The first-order valence-corrected chi connectivity index (χ1v) is 11.2. The summed E-state index contributed by atoms with van der Waals surface area (Å²) in [6.07, 6.45) is 2.82. The van der Waals surface area contributed by atoms with Crippen LogP contribution < -0.4 is 15.5 Å². The number of aromatic nitrogens is 2. The number of pyridine rings is 1. The maximum Gasteiger partial charge on any atom is 0.315 e. The highest BCUT2D eigenvalue weighted by Crippen LogP contribution is 2.37. The molecule has 1 amide bonds. The summed E-state index contributed by atoms with van der Waals surface area (Å²) in [7, 11) is 1.61. The number of hydrogen-bond donors (Lipinski definition) is 2. The van der Waals surface area contributed by atoms with Crippen molar-refractivity contribution in [3.05, 3.63) is 63.3 Å². The number of fused-ring (bicyclic) bond motifs is 5. The van der Waals surface area contributed by atoms with Gasteiger partial charge >= 0.3 is 5.56 Å². The van der Waals surface area contributed by atoms with Gasteiger partial charge in [0.05, 0.1) is 12.7 Å². The van der Waals surface area contributed by atoms with Crippen molar-refractivity contribution in [2.75, 3.05) is 20.2 Å². The van der Waals surface area contributed by atoms with Crippen LogP contribution in [0.5, 0.6) is 5.75 Å². The lowest BCUT2D eigenvalue weighted by molar-refractivity contribution is -0.992. The van der Waals surface area contributed by atoms with E-state index in [2.05, 4.69) is 18.4 Å². The number of rotatable bonds is 4. The van der Waals surface area contributed by atoms with Crippen molar-refractivity contribution < 1.29 is 20.0 Å². The van der Waals surface area contributed by atoms with Gasteiger partial charge in [-0.25, -0.2) is 5.21 Å². The van der Waals surface area contributed by atoms with Gasteiger partial charge in [0.15, 0.2) is 0 Å². The van der Waals surface area contributed by atoms with Crippen LogP contribution >= 0.6 is 0 Å². The molecule has 2 aliphatic rings. The van der Waals surface area contributed by atoms with Crippen LogP contribution in [0.25, 0.3) is 10.9 Å². The van der Waals surface area contributed by atoms with Gasteiger partial charge < -0.3 is 24.0 Å². The molecule has 2 aliphatic heterocycles. The molecule has 174 valence electrons. The minimum absolute atomic E-state index is 0.00461. The normalized spacial score (nSPS) is 20.7. The molecular formula is C24H28N4O5. The molecule has 0 spiro atoms. The lowest BCUT2D eigenvalue weighted by atomic mass is 9.83. The first-order valence-electron chi connectivity index (χ1n) is 11.2. The van der Waals surface area contributed by atoms with E-state index in [4.69, 9.17) is 4.74 Å². The third-order valence-corrected chi connectivity index (χ3v) is 6.95. The summed E-state index contributed by atoms with van der Waals surface area (Å²) in [5.41, 5.74) is 1.79. The lowest BCUT2D eigenvalue weighted by Crippen LogP contribution is -3.00. The highest BCUT2D eigenvalue weighted by atomic mass is 16.8. The third kappa shape index (κ3) is 3.52. The monoisotopic (exact) mass is 452 g/mol. The number of carbonyl (C=O) groups is 1. The van der Waals surface area contributed by atoms with Crippen molar-refractivity contribution in [3.8, 4) is 5.75 Å². The average molecular weight is 453 g/mol. The molecule has 0 saturated carbocycles. The molecule has 0 aliphatic carbocycles. The second-order valence-corrected chi connectivity index (χ2v) is 9.33. The van der Waals surface area contributed by atoms with Crippen LogP contribution in [0.4, 0.5) is 5.69 Å². The molecule has 1 saturated heterocycles. The summed E-state index contributed by atoms with van der Waals surface area (Å²) in [6.45, 7) is 5.64. The molecule has 1 fully saturated rings. The molecule has 33 heavy (non-hydrogen) atoms. The van der Waals surface area contributed by atoms with Crippen molar-refractivity contribution in [1.82, 2.24) is 14.0 Å². The SMILES string of the molecule is COc1ccc2c(c1)c(C(=O)N1CC3C[C@@H](C1)Cn1c3ccc([NH+]([O-])O)c1=O)cn2C(C)C. The van der Waals surface area contributed by atoms with Gasteiger partial charge in [0.25, 0.3) is 5.91 Å². The van der Waals surface area contributed by atoms with Crippen LogP contribution in [0.15, 0.2) is 41.3 Å². The molecular weight excluding hydrogens is 424 g/mol. The van der Waals surface area contributed by atoms with E-state index in [1.165, 1.54) is 6.07 Å². The van der Waals surface area contributed by atoms with Crippen LogP contribution in [-0.4, -0.2) is 45.3 Å². The summed E-state index contributed by atoms with van der Waals surface area (Å²) in [4.78, 5) is 28.3. The molecule has 9 heteroatoms. The Bertz CT molecular complexity index is 1290. The molecule has 3 aromatic rings. The third-order valence-electron chi connectivity index (χ3n) is 6.95. The Balaban J connectivity index is 1.50. The Kier molecular flexibility index (Phi) is 5.27. The maximum absolute atomic E-state index is 13.7. The number of likely N-dealkylation sites (tertiary alicyclic amines) is 1. The summed E-state index contributed by atoms with van der Waals surface area (Å²) < 4.78 is 9.10. The van der Waals surface area contributed by atoms with E-state index in [0.29, 0.717) is 30.9 Å². The van der Waals surface area contributed by atoms with Crippen molar-refractivity contribution >= 4 is 22.5 Å². The number of quaternary nitrogens is 1. The van der Waals surface area contributed by atoms with Crippen molar-refractivity contribution in [2.24, 2.45) is 5.92 Å².